The fraction of sp³-hybridized carbons (Fsp3) is 1.00. The van der Waals surface area contributed by atoms with Crippen molar-refractivity contribution in [3.8, 4) is 0 Å². The lowest BCUT2D eigenvalue weighted by Gasteiger charge is -2.25. The Morgan fingerprint density at radius 2 is 1.88 bits per heavy atom. The molecular formula is C14H29NO2. The Balaban J connectivity index is 2.16. The van der Waals surface area contributed by atoms with Gasteiger partial charge in [-0.2, -0.15) is 0 Å². The third-order valence-corrected chi connectivity index (χ3v) is 3.80. The highest BCUT2D eigenvalue weighted by Crippen LogP contribution is 2.25. The summed E-state index contributed by atoms with van der Waals surface area (Å²) in [6.07, 6.45) is 7.86. The summed E-state index contributed by atoms with van der Waals surface area (Å²) >= 11 is 0. The first kappa shape index (κ1) is 14.9. The zero-order chi connectivity index (χ0) is 12.5. The van der Waals surface area contributed by atoms with E-state index in [0.717, 1.165) is 5.92 Å². The molecule has 0 aromatic heterocycles. The molecule has 2 atom stereocenters. The second-order valence-corrected chi connectivity index (χ2v) is 5.26. The van der Waals surface area contributed by atoms with Gasteiger partial charge in [0.1, 0.15) is 0 Å². The van der Waals surface area contributed by atoms with Crippen molar-refractivity contribution in [3.63, 3.8) is 0 Å². The summed E-state index contributed by atoms with van der Waals surface area (Å²) in [5.41, 5.74) is 0. The van der Waals surface area contributed by atoms with Gasteiger partial charge in [0.2, 0.25) is 0 Å². The van der Waals surface area contributed by atoms with Crippen LogP contribution >= 0.6 is 0 Å². The van der Waals surface area contributed by atoms with Crippen molar-refractivity contribution in [2.75, 3.05) is 19.8 Å². The molecular weight excluding hydrogens is 214 g/mol. The highest BCUT2D eigenvalue weighted by molar-refractivity contribution is 4.76. The first-order valence-electron chi connectivity index (χ1n) is 7.23. The lowest BCUT2D eigenvalue weighted by atomic mass is 9.93. The largest absolute Gasteiger partial charge is 0.389 e. The molecule has 0 saturated heterocycles. The van der Waals surface area contributed by atoms with Gasteiger partial charge >= 0.3 is 0 Å². The summed E-state index contributed by atoms with van der Waals surface area (Å²) in [7, 11) is 0. The minimum Gasteiger partial charge on any atom is -0.389 e. The van der Waals surface area contributed by atoms with Crippen molar-refractivity contribution < 1.29 is 9.84 Å². The van der Waals surface area contributed by atoms with E-state index in [0.29, 0.717) is 25.8 Å². The third-order valence-electron chi connectivity index (χ3n) is 3.80. The molecule has 0 amide bonds. The van der Waals surface area contributed by atoms with E-state index >= 15 is 0 Å². The molecule has 3 heteroatoms. The summed E-state index contributed by atoms with van der Waals surface area (Å²) in [5.74, 6) is 0.789. The van der Waals surface area contributed by atoms with Crippen LogP contribution in [0.1, 0.15) is 52.4 Å². The molecule has 102 valence electrons. The SMILES string of the molecule is CCOCC(O)CN[C@@H](C)C1CCCCCC1. The van der Waals surface area contributed by atoms with Crippen molar-refractivity contribution in [1.82, 2.24) is 5.32 Å². The summed E-state index contributed by atoms with van der Waals surface area (Å²) in [6.45, 7) is 5.98. The Morgan fingerprint density at radius 1 is 1.24 bits per heavy atom. The van der Waals surface area contributed by atoms with Gasteiger partial charge in [0.05, 0.1) is 12.7 Å². The normalized spacial score (nSPS) is 22.1. The Hall–Kier alpha value is -0.120. The maximum Gasteiger partial charge on any atom is 0.0897 e. The fourth-order valence-corrected chi connectivity index (χ4v) is 2.61. The number of nitrogens with one attached hydrogen (secondary N) is 1. The molecule has 0 aromatic carbocycles. The molecule has 1 fully saturated rings. The van der Waals surface area contributed by atoms with E-state index in [9.17, 15) is 5.11 Å². The van der Waals surface area contributed by atoms with Gasteiger partial charge in [-0.05, 0) is 32.6 Å². The van der Waals surface area contributed by atoms with Crippen molar-refractivity contribution in [1.29, 1.82) is 0 Å². The number of aliphatic hydroxyl groups is 1. The highest BCUT2D eigenvalue weighted by Gasteiger charge is 2.19. The standard InChI is InChI=1S/C14H29NO2/c1-3-17-11-14(16)10-15-12(2)13-8-6-4-5-7-9-13/h12-16H,3-11H2,1-2H3/t12-,14?/m0/s1. The maximum atomic E-state index is 9.70. The molecule has 3 nitrogen and oxygen atoms in total. The molecule has 1 aliphatic rings. The summed E-state index contributed by atoms with van der Waals surface area (Å²) in [4.78, 5) is 0. The quantitative estimate of drug-likeness (QED) is 0.674. The molecule has 17 heavy (non-hydrogen) atoms. The van der Waals surface area contributed by atoms with Crippen LogP contribution in [0.2, 0.25) is 0 Å². The average Bonchev–Trinajstić information content (AvgIpc) is 2.62. The molecule has 1 rings (SSSR count). The molecule has 0 bridgehead atoms. The van der Waals surface area contributed by atoms with Crippen LogP contribution in [0.15, 0.2) is 0 Å². The lowest BCUT2D eigenvalue weighted by molar-refractivity contribution is 0.0404. The Bertz CT molecular complexity index is 179. The smallest absolute Gasteiger partial charge is 0.0897 e. The number of ether oxygens (including phenoxy) is 1. The van der Waals surface area contributed by atoms with Crippen LogP contribution in [-0.2, 0) is 4.74 Å². The van der Waals surface area contributed by atoms with Crippen LogP contribution in [0.5, 0.6) is 0 Å². The van der Waals surface area contributed by atoms with Crippen molar-refractivity contribution in [3.05, 3.63) is 0 Å². The number of rotatable bonds is 7. The lowest BCUT2D eigenvalue weighted by Crippen LogP contribution is -2.39. The van der Waals surface area contributed by atoms with Crippen LogP contribution in [0.3, 0.4) is 0 Å². The van der Waals surface area contributed by atoms with Gasteiger partial charge in [-0.3, -0.25) is 0 Å². The minimum absolute atomic E-state index is 0.372. The Morgan fingerprint density at radius 3 is 2.47 bits per heavy atom. The summed E-state index contributed by atoms with van der Waals surface area (Å²) in [5, 5.41) is 13.2. The van der Waals surface area contributed by atoms with Gasteiger partial charge in [-0.1, -0.05) is 25.7 Å². The van der Waals surface area contributed by atoms with Crippen molar-refractivity contribution in [2.24, 2.45) is 5.92 Å². The van der Waals surface area contributed by atoms with E-state index in [2.05, 4.69) is 12.2 Å². The zero-order valence-corrected chi connectivity index (χ0v) is 11.5. The molecule has 1 aliphatic carbocycles. The van der Waals surface area contributed by atoms with E-state index in [1.54, 1.807) is 0 Å². The second kappa shape index (κ2) is 8.90. The second-order valence-electron chi connectivity index (χ2n) is 5.26. The van der Waals surface area contributed by atoms with Crippen LogP contribution in [0.25, 0.3) is 0 Å². The van der Waals surface area contributed by atoms with Crippen molar-refractivity contribution >= 4 is 0 Å². The van der Waals surface area contributed by atoms with Crippen LogP contribution in [-0.4, -0.2) is 37.0 Å². The molecule has 1 saturated carbocycles. The van der Waals surface area contributed by atoms with Crippen LogP contribution in [0, 0.1) is 5.92 Å². The van der Waals surface area contributed by atoms with E-state index in [1.165, 1.54) is 38.5 Å². The maximum absolute atomic E-state index is 9.70. The third kappa shape index (κ3) is 6.39. The predicted molar refractivity (Wildman–Crippen MR) is 71.2 cm³/mol. The monoisotopic (exact) mass is 243 g/mol. The van der Waals surface area contributed by atoms with Gasteiger partial charge in [0, 0.05) is 19.2 Å². The molecule has 2 N–H and O–H groups in total. The van der Waals surface area contributed by atoms with Crippen LogP contribution in [0.4, 0.5) is 0 Å². The number of hydrogen-bond acceptors (Lipinski definition) is 3. The molecule has 0 radical (unpaired) electrons. The summed E-state index contributed by atoms with van der Waals surface area (Å²) < 4.78 is 5.20. The molecule has 0 aliphatic heterocycles. The fourth-order valence-electron chi connectivity index (χ4n) is 2.61. The Kier molecular flexibility index (Phi) is 7.82. The van der Waals surface area contributed by atoms with E-state index in [4.69, 9.17) is 4.74 Å². The molecule has 0 heterocycles. The van der Waals surface area contributed by atoms with E-state index in [1.807, 2.05) is 6.92 Å². The van der Waals surface area contributed by atoms with Crippen molar-refractivity contribution in [2.45, 2.75) is 64.5 Å². The molecule has 1 unspecified atom stereocenters. The average molecular weight is 243 g/mol. The Labute approximate surface area is 106 Å². The van der Waals surface area contributed by atoms with Gasteiger partial charge in [-0.25, -0.2) is 0 Å². The zero-order valence-electron chi connectivity index (χ0n) is 11.5. The van der Waals surface area contributed by atoms with Crippen LogP contribution < -0.4 is 5.32 Å². The minimum atomic E-state index is -0.372. The molecule has 0 aromatic rings. The van der Waals surface area contributed by atoms with Gasteiger partial charge in [-0.15, -0.1) is 0 Å². The first-order chi connectivity index (χ1) is 8.24. The summed E-state index contributed by atoms with van der Waals surface area (Å²) in [6, 6.07) is 0.518. The molecule has 0 spiro atoms. The first-order valence-corrected chi connectivity index (χ1v) is 7.23. The van der Waals surface area contributed by atoms with E-state index in [-0.39, 0.29) is 6.10 Å². The highest BCUT2D eigenvalue weighted by atomic mass is 16.5. The number of aliphatic hydroxyl groups excluding tert-OH is 1. The van der Waals surface area contributed by atoms with Gasteiger partial charge in [0.25, 0.3) is 0 Å². The topological polar surface area (TPSA) is 41.5 Å². The van der Waals surface area contributed by atoms with Gasteiger partial charge in [0.15, 0.2) is 0 Å². The number of hydrogen-bond donors (Lipinski definition) is 2. The van der Waals surface area contributed by atoms with Gasteiger partial charge < -0.3 is 15.2 Å². The van der Waals surface area contributed by atoms with E-state index < -0.39 is 0 Å². The predicted octanol–water partition coefficient (Wildman–Crippen LogP) is 2.33.